The van der Waals surface area contributed by atoms with Crippen LogP contribution >= 0.6 is 0 Å². The topological polar surface area (TPSA) is 81.3 Å². The van der Waals surface area contributed by atoms with Crippen molar-refractivity contribution in [3.05, 3.63) is 83.9 Å². The molecule has 0 amide bonds. The van der Waals surface area contributed by atoms with Crippen LogP contribution in [0.4, 0.5) is 10.2 Å². The van der Waals surface area contributed by atoms with Gasteiger partial charge in [-0.05, 0) is 48.7 Å². The maximum absolute atomic E-state index is 13.6. The smallest absolute Gasteiger partial charge is 0.219 e. The number of para-hydroxylation sites is 1. The van der Waals surface area contributed by atoms with E-state index in [1.54, 1.807) is 48.7 Å². The number of anilines is 1. The van der Waals surface area contributed by atoms with E-state index in [2.05, 4.69) is 9.97 Å². The van der Waals surface area contributed by atoms with Crippen LogP contribution in [0.1, 0.15) is 17.5 Å². The van der Waals surface area contributed by atoms with Crippen molar-refractivity contribution in [2.75, 3.05) is 5.73 Å². The third-order valence-electron chi connectivity index (χ3n) is 3.70. The first-order valence-corrected chi connectivity index (χ1v) is 8.10. The monoisotopic (exact) mass is 351 g/mol. The van der Waals surface area contributed by atoms with E-state index >= 15 is 0 Å². The molecule has 0 bridgehead atoms. The fraction of sp³-hybridized carbons (Fsp3) is 0.100. The first kappa shape index (κ1) is 17.4. The predicted octanol–water partition coefficient (Wildman–Crippen LogP) is 4.52. The quantitative estimate of drug-likeness (QED) is 0.638. The molecule has 0 atom stereocenters. The van der Waals surface area contributed by atoms with Gasteiger partial charge in [-0.2, -0.15) is 0 Å². The maximum Gasteiger partial charge on any atom is 0.219 e. The Bertz CT molecular complexity index is 894. The summed E-state index contributed by atoms with van der Waals surface area (Å²) in [6, 6.07) is 13.1. The number of benzene rings is 1. The molecule has 0 unspecified atom stereocenters. The van der Waals surface area contributed by atoms with Gasteiger partial charge >= 0.3 is 0 Å². The van der Waals surface area contributed by atoms with Crippen LogP contribution in [0.5, 0.6) is 11.6 Å². The molecule has 2 aromatic heterocycles. The lowest BCUT2D eigenvalue weighted by atomic mass is 10.1. The van der Waals surface area contributed by atoms with E-state index in [4.69, 9.17) is 10.5 Å². The molecule has 132 valence electrons. The van der Waals surface area contributed by atoms with E-state index in [1.165, 1.54) is 12.3 Å². The Hall–Kier alpha value is -3.41. The van der Waals surface area contributed by atoms with Gasteiger partial charge in [0.25, 0.3) is 0 Å². The highest BCUT2D eigenvalue weighted by Gasteiger charge is 2.04. The molecule has 0 fully saturated rings. The van der Waals surface area contributed by atoms with Crippen LogP contribution in [0.25, 0.3) is 5.76 Å². The van der Waals surface area contributed by atoms with E-state index in [9.17, 15) is 9.50 Å². The molecule has 3 N–H and O–H groups in total. The van der Waals surface area contributed by atoms with Crippen molar-refractivity contribution in [1.29, 1.82) is 0 Å². The standard InChI is InChI=1S/C20H18FN3O2/c21-16-5-1-2-7-18(16)26-20-11-8-14(12-24-20)4-3-6-17(25)15-9-10-19(22)23-13-15/h1-2,5-13,25H,3-4H2,(H2,22,23)/b17-6-. The predicted molar refractivity (Wildman–Crippen MR) is 98.3 cm³/mol. The summed E-state index contributed by atoms with van der Waals surface area (Å²) < 4.78 is 19.0. The van der Waals surface area contributed by atoms with E-state index < -0.39 is 5.82 Å². The molecule has 5 nitrogen and oxygen atoms in total. The minimum Gasteiger partial charge on any atom is -0.508 e. The zero-order chi connectivity index (χ0) is 18.4. The van der Waals surface area contributed by atoms with E-state index in [0.717, 1.165) is 5.56 Å². The van der Waals surface area contributed by atoms with Crippen molar-refractivity contribution in [3.8, 4) is 11.6 Å². The SMILES string of the molecule is Nc1ccc(/C(O)=C/CCc2ccc(Oc3ccccc3F)nc2)cn1. The summed E-state index contributed by atoms with van der Waals surface area (Å²) in [5.41, 5.74) is 7.12. The number of hydrogen-bond donors (Lipinski definition) is 2. The Morgan fingerprint density at radius 2 is 1.92 bits per heavy atom. The largest absolute Gasteiger partial charge is 0.508 e. The second-order valence-electron chi connectivity index (χ2n) is 5.64. The van der Waals surface area contributed by atoms with Crippen LogP contribution in [0, 0.1) is 5.82 Å². The molecule has 2 heterocycles. The molecule has 6 heteroatoms. The zero-order valence-corrected chi connectivity index (χ0v) is 14.0. The molecule has 3 aromatic rings. The van der Waals surface area contributed by atoms with Gasteiger partial charge in [0.2, 0.25) is 5.88 Å². The summed E-state index contributed by atoms with van der Waals surface area (Å²) in [7, 11) is 0. The van der Waals surface area contributed by atoms with Crippen LogP contribution in [-0.2, 0) is 6.42 Å². The van der Waals surface area contributed by atoms with Gasteiger partial charge in [0.15, 0.2) is 11.6 Å². The summed E-state index contributed by atoms with van der Waals surface area (Å²) in [6.45, 7) is 0. The lowest BCUT2D eigenvalue weighted by molar-refractivity contribution is 0.427. The van der Waals surface area contributed by atoms with Gasteiger partial charge in [-0.15, -0.1) is 0 Å². The fourth-order valence-corrected chi connectivity index (χ4v) is 2.31. The van der Waals surface area contributed by atoms with E-state index in [1.807, 2.05) is 6.07 Å². The number of allylic oxidation sites excluding steroid dienone is 1. The van der Waals surface area contributed by atoms with Crippen molar-refractivity contribution in [2.24, 2.45) is 0 Å². The van der Waals surface area contributed by atoms with Crippen LogP contribution in [-0.4, -0.2) is 15.1 Å². The Labute approximate surface area is 150 Å². The summed E-state index contributed by atoms with van der Waals surface area (Å²) in [5, 5.41) is 10.0. The third-order valence-corrected chi connectivity index (χ3v) is 3.70. The molecule has 0 radical (unpaired) electrons. The van der Waals surface area contributed by atoms with Crippen molar-refractivity contribution in [1.82, 2.24) is 9.97 Å². The van der Waals surface area contributed by atoms with Gasteiger partial charge in [-0.1, -0.05) is 18.2 Å². The maximum atomic E-state index is 13.6. The molecule has 0 spiro atoms. The molecule has 1 aromatic carbocycles. The Kier molecular flexibility index (Phi) is 5.43. The van der Waals surface area contributed by atoms with Gasteiger partial charge < -0.3 is 15.6 Å². The summed E-state index contributed by atoms with van der Waals surface area (Å²) >= 11 is 0. The number of halogens is 1. The first-order valence-electron chi connectivity index (χ1n) is 8.10. The van der Waals surface area contributed by atoms with Crippen molar-refractivity contribution < 1.29 is 14.2 Å². The average molecular weight is 351 g/mol. The Morgan fingerprint density at radius 3 is 2.62 bits per heavy atom. The van der Waals surface area contributed by atoms with Gasteiger partial charge in [-0.25, -0.2) is 14.4 Å². The van der Waals surface area contributed by atoms with Crippen molar-refractivity contribution >= 4 is 11.6 Å². The molecule has 0 aliphatic heterocycles. The van der Waals surface area contributed by atoms with Gasteiger partial charge in [-0.3, -0.25) is 0 Å². The summed E-state index contributed by atoms with van der Waals surface area (Å²) in [4.78, 5) is 8.13. The molecule has 0 saturated carbocycles. The number of aryl methyl sites for hydroxylation is 1. The van der Waals surface area contributed by atoms with E-state index in [-0.39, 0.29) is 11.5 Å². The summed E-state index contributed by atoms with van der Waals surface area (Å²) in [5.74, 6) is 0.592. The molecule has 0 aliphatic rings. The third kappa shape index (κ3) is 4.57. The van der Waals surface area contributed by atoms with E-state index in [0.29, 0.717) is 30.1 Å². The minimum absolute atomic E-state index is 0.137. The molecular weight excluding hydrogens is 333 g/mol. The van der Waals surface area contributed by atoms with Crippen LogP contribution in [0.3, 0.4) is 0 Å². The average Bonchev–Trinajstić information content (AvgIpc) is 2.65. The lowest BCUT2D eigenvalue weighted by Gasteiger charge is -2.06. The normalized spacial score (nSPS) is 11.3. The molecule has 0 saturated heterocycles. The Morgan fingerprint density at radius 1 is 1.08 bits per heavy atom. The molecule has 0 aliphatic carbocycles. The number of pyridine rings is 2. The van der Waals surface area contributed by atoms with Crippen molar-refractivity contribution in [2.45, 2.75) is 12.8 Å². The zero-order valence-electron chi connectivity index (χ0n) is 14.0. The number of aliphatic hydroxyl groups is 1. The fourth-order valence-electron chi connectivity index (χ4n) is 2.31. The van der Waals surface area contributed by atoms with Crippen LogP contribution < -0.4 is 10.5 Å². The van der Waals surface area contributed by atoms with Crippen LogP contribution in [0.15, 0.2) is 67.0 Å². The van der Waals surface area contributed by atoms with Crippen LogP contribution in [0.2, 0.25) is 0 Å². The number of aromatic nitrogens is 2. The number of hydrogen-bond acceptors (Lipinski definition) is 5. The van der Waals surface area contributed by atoms with Crippen molar-refractivity contribution in [3.63, 3.8) is 0 Å². The first-order chi connectivity index (χ1) is 12.6. The summed E-state index contributed by atoms with van der Waals surface area (Å²) in [6.07, 6.45) is 6.24. The lowest BCUT2D eigenvalue weighted by Crippen LogP contribution is -1.93. The highest BCUT2D eigenvalue weighted by atomic mass is 19.1. The van der Waals surface area contributed by atoms with Gasteiger partial charge in [0.1, 0.15) is 11.6 Å². The highest BCUT2D eigenvalue weighted by molar-refractivity contribution is 5.58. The Balaban J connectivity index is 1.57. The number of ether oxygens (including phenoxy) is 1. The molecular formula is C20H18FN3O2. The second kappa shape index (κ2) is 8.11. The number of nitrogens with two attached hydrogens (primary N) is 1. The molecule has 3 rings (SSSR count). The molecule has 26 heavy (non-hydrogen) atoms. The van der Waals surface area contributed by atoms with Gasteiger partial charge in [0.05, 0.1) is 0 Å². The van der Waals surface area contributed by atoms with Gasteiger partial charge in [0, 0.05) is 24.0 Å². The number of aliphatic hydroxyl groups excluding tert-OH is 1. The number of nitrogens with zero attached hydrogens (tertiary/aromatic N) is 2. The number of rotatable bonds is 6. The number of nitrogen functional groups attached to an aromatic ring is 1. The second-order valence-corrected chi connectivity index (χ2v) is 5.64. The highest BCUT2D eigenvalue weighted by Crippen LogP contribution is 2.22. The minimum atomic E-state index is -0.434.